The largest absolute Gasteiger partial charge is 0.380 e. The second-order valence-electron chi connectivity index (χ2n) is 8.37. The molecule has 2 fully saturated rings. The molecule has 7 nitrogen and oxygen atoms in total. The molecule has 0 amide bonds. The van der Waals surface area contributed by atoms with E-state index in [0.29, 0.717) is 43.2 Å². The van der Waals surface area contributed by atoms with E-state index in [1.165, 1.54) is 6.26 Å². The fraction of sp³-hybridized carbons (Fsp3) is 0.714. The van der Waals surface area contributed by atoms with Gasteiger partial charge in [0.25, 0.3) is 0 Å². The Balaban J connectivity index is 1.34. The molecule has 0 spiro atoms. The molecule has 2 aliphatic rings. The van der Waals surface area contributed by atoms with Gasteiger partial charge in [0, 0.05) is 38.7 Å². The van der Waals surface area contributed by atoms with Crippen molar-refractivity contribution in [2.75, 3.05) is 50.5 Å². The van der Waals surface area contributed by atoms with Crippen molar-refractivity contribution >= 4 is 27.6 Å². The van der Waals surface area contributed by atoms with Crippen LogP contribution in [-0.2, 0) is 14.8 Å². The van der Waals surface area contributed by atoms with Gasteiger partial charge in [-0.25, -0.2) is 22.7 Å². The van der Waals surface area contributed by atoms with Gasteiger partial charge in [0.15, 0.2) is 0 Å². The minimum atomic E-state index is -3.08. The average Bonchev–Trinajstić information content (AvgIpc) is 2.74. The van der Waals surface area contributed by atoms with Crippen molar-refractivity contribution in [2.45, 2.75) is 32.1 Å². The Labute approximate surface area is 185 Å². The Kier molecular flexibility index (Phi) is 8.35. The number of hydrogen-bond donors (Lipinski definition) is 0. The zero-order chi connectivity index (χ0) is 21.6. The molecule has 1 aromatic heterocycles. The molecule has 1 aromatic rings. The number of halogens is 1. The first kappa shape index (κ1) is 23.3. The molecular weight excluding hydrogens is 424 g/mol. The third-order valence-corrected chi connectivity index (χ3v) is 7.57. The van der Waals surface area contributed by atoms with Crippen molar-refractivity contribution in [2.24, 2.45) is 17.8 Å². The number of terminal acetylenes is 1. The smallest absolute Gasteiger partial charge is 0.225 e. The minimum Gasteiger partial charge on any atom is -0.380 e. The summed E-state index contributed by atoms with van der Waals surface area (Å²) >= 11 is 5.86. The van der Waals surface area contributed by atoms with E-state index >= 15 is 0 Å². The number of aromatic nitrogens is 2. The first-order valence-electron chi connectivity index (χ1n) is 10.6. The quantitative estimate of drug-likeness (QED) is 0.562. The second-order valence-corrected chi connectivity index (χ2v) is 10.8. The number of nitrogens with zero attached hydrogens (tertiary/aromatic N) is 4. The Bertz CT molecular complexity index is 812. The fourth-order valence-corrected chi connectivity index (χ4v) is 5.18. The Morgan fingerprint density at radius 2 is 1.77 bits per heavy atom. The summed E-state index contributed by atoms with van der Waals surface area (Å²) in [6.07, 6.45) is 15.1. The van der Waals surface area contributed by atoms with Crippen LogP contribution in [0.3, 0.4) is 0 Å². The Morgan fingerprint density at radius 1 is 1.17 bits per heavy atom. The number of ether oxygens (including phenoxy) is 1. The van der Waals surface area contributed by atoms with Gasteiger partial charge in [-0.3, -0.25) is 0 Å². The van der Waals surface area contributed by atoms with Crippen LogP contribution in [0.15, 0.2) is 12.4 Å². The molecular formula is C21H31ClN4O3S. The Hall–Kier alpha value is -1.40. The number of piperidine rings is 2. The SMILES string of the molecule is C#C[C@@H](COCC1CCN(S(C)(=O)=O)CC1)CC1CCN(c2ncc(Cl)cn2)CC1. The lowest BCUT2D eigenvalue weighted by Crippen LogP contribution is -2.38. The second kappa shape index (κ2) is 10.8. The average molecular weight is 455 g/mol. The van der Waals surface area contributed by atoms with E-state index in [-0.39, 0.29) is 5.92 Å². The van der Waals surface area contributed by atoms with E-state index in [1.807, 2.05) is 0 Å². The lowest BCUT2D eigenvalue weighted by Gasteiger charge is -2.33. The third-order valence-electron chi connectivity index (χ3n) is 6.07. The first-order valence-corrected chi connectivity index (χ1v) is 12.8. The van der Waals surface area contributed by atoms with E-state index in [0.717, 1.165) is 51.1 Å². The summed E-state index contributed by atoms with van der Waals surface area (Å²) in [6.45, 7) is 4.24. The molecule has 0 bridgehead atoms. The van der Waals surface area contributed by atoms with E-state index in [4.69, 9.17) is 22.8 Å². The van der Waals surface area contributed by atoms with E-state index in [2.05, 4.69) is 20.8 Å². The van der Waals surface area contributed by atoms with E-state index < -0.39 is 10.0 Å². The molecule has 2 saturated heterocycles. The molecule has 30 heavy (non-hydrogen) atoms. The van der Waals surface area contributed by atoms with Gasteiger partial charge < -0.3 is 9.64 Å². The number of rotatable bonds is 8. The molecule has 0 N–H and O–H groups in total. The first-order chi connectivity index (χ1) is 14.3. The third kappa shape index (κ3) is 6.81. The van der Waals surface area contributed by atoms with Gasteiger partial charge in [0.2, 0.25) is 16.0 Å². The normalized spacial score (nSPS) is 20.8. The number of anilines is 1. The van der Waals surface area contributed by atoms with Crippen molar-refractivity contribution in [1.29, 1.82) is 0 Å². The summed E-state index contributed by atoms with van der Waals surface area (Å²) in [5.74, 6) is 4.73. The van der Waals surface area contributed by atoms with Crippen LogP contribution >= 0.6 is 11.6 Å². The minimum absolute atomic E-state index is 0.115. The molecule has 0 aliphatic carbocycles. The topological polar surface area (TPSA) is 75.6 Å². The van der Waals surface area contributed by atoms with Crippen LogP contribution in [0.2, 0.25) is 5.02 Å². The zero-order valence-corrected chi connectivity index (χ0v) is 19.1. The van der Waals surface area contributed by atoms with Gasteiger partial charge in [-0.2, -0.15) is 0 Å². The van der Waals surface area contributed by atoms with Gasteiger partial charge in [-0.1, -0.05) is 11.6 Å². The maximum absolute atomic E-state index is 11.6. The number of sulfonamides is 1. The van der Waals surface area contributed by atoms with Crippen molar-refractivity contribution in [1.82, 2.24) is 14.3 Å². The lowest BCUT2D eigenvalue weighted by atomic mass is 9.88. The van der Waals surface area contributed by atoms with Crippen LogP contribution in [0, 0.1) is 30.1 Å². The highest BCUT2D eigenvalue weighted by molar-refractivity contribution is 7.88. The monoisotopic (exact) mass is 454 g/mol. The van der Waals surface area contributed by atoms with Crippen molar-refractivity contribution in [3.8, 4) is 12.3 Å². The molecule has 0 radical (unpaired) electrons. The predicted molar refractivity (Wildman–Crippen MR) is 119 cm³/mol. The van der Waals surface area contributed by atoms with Crippen LogP contribution in [0.1, 0.15) is 32.1 Å². The lowest BCUT2D eigenvalue weighted by molar-refractivity contribution is 0.0613. The molecule has 0 saturated carbocycles. The molecule has 0 aromatic carbocycles. The summed E-state index contributed by atoms with van der Waals surface area (Å²) in [4.78, 5) is 10.8. The zero-order valence-electron chi connectivity index (χ0n) is 17.5. The van der Waals surface area contributed by atoms with Gasteiger partial charge >= 0.3 is 0 Å². The molecule has 166 valence electrons. The highest BCUT2D eigenvalue weighted by atomic mass is 35.5. The summed E-state index contributed by atoms with van der Waals surface area (Å²) in [6, 6.07) is 0. The summed E-state index contributed by atoms with van der Waals surface area (Å²) < 4.78 is 30.7. The van der Waals surface area contributed by atoms with Gasteiger partial charge in [-0.15, -0.1) is 12.3 Å². The van der Waals surface area contributed by atoms with Gasteiger partial charge in [0.1, 0.15) is 0 Å². The maximum Gasteiger partial charge on any atom is 0.225 e. The van der Waals surface area contributed by atoms with Crippen LogP contribution in [0.4, 0.5) is 5.95 Å². The molecule has 2 aliphatic heterocycles. The van der Waals surface area contributed by atoms with Crippen LogP contribution < -0.4 is 4.90 Å². The molecule has 0 unspecified atom stereocenters. The summed E-state index contributed by atoms with van der Waals surface area (Å²) in [5.41, 5.74) is 0. The van der Waals surface area contributed by atoms with Crippen LogP contribution in [-0.4, -0.2) is 68.3 Å². The molecule has 3 heterocycles. The Morgan fingerprint density at radius 3 is 2.33 bits per heavy atom. The summed E-state index contributed by atoms with van der Waals surface area (Å²) in [5, 5.41) is 0.548. The highest BCUT2D eigenvalue weighted by Gasteiger charge is 2.26. The molecule has 1 atom stereocenters. The standard InChI is InChI=1S/C21H31ClN4O3S/c1-3-17(15-29-16-19-6-10-26(11-7-19)30(2,27)28)12-18-4-8-25(9-5-18)21-23-13-20(22)14-24-21/h1,13-14,17-19H,4-12,15-16H2,2H3/t17-/m1/s1. The van der Waals surface area contributed by atoms with Crippen molar-refractivity contribution < 1.29 is 13.2 Å². The fourth-order valence-electron chi connectivity index (χ4n) is 4.21. The van der Waals surface area contributed by atoms with E-state index in [9.17, 15) is 8.42 Å². The van der Waals surface area contributed by atoms with Crippen LogP contribution in [0.5, 0.6) is 0 Å². The molecule has 9 heteroatoms. The van der Waals surface area contributed by atoms with Gasteiger partial charge in [-0.05, 0) is 43.9 Å². The summed E-state index contributed by atoms with van der Waals surface area (Å²) in [7, 11) is -3.08. The predicted octanol–water partition coefficient (Wildman–Crippen LogP) is 2.67. The highest BCUT2D eigenvalue weighted by Crippen LogP contribution is 2.27. The van der Waals surface area contributed by atoms with Crippen LogP contribution in [0.25, 0.3) is 0 Å². The van der Waals surface area contributed by atoms with Crippen molar-refractivity contribution in [3.63, 3.8) is 0 Å². The number of hydrogen-bond acceptors (Lipinski definition) is 6. The van der Waals surface area contributed by atoms with E-state index in [1.54, 1.807) is 16.7 Å². The molecule has 3 rings (SSSR count). The maximum atomic E-state index is 11.6. The van der Waals surface area contributed by atoms with Crippen molar-refractivity contribution in [3.05, 3.63) is 17.4 Å². The van der Waals surface area contributed by atoms with Gasteiger partial charge in [0.05, 0.1) is 30.3 Å².